The van der Waals surface area contributed by atoms with Gasteiger partial charge < -0.3 is 9.30 Å². The van der Waals surface area contributed by atoms with E-state index in [1.807, 2.05) is 54.8 Å². The van der Waals surface area contributed by atoms with Gasteiger partial charge in [0.05, 0.1) is 11.9 Å². The smallest absolute Gasteiger partial charge is 0.359 e. The van der Waals surface area contributed by atoms with Crippen molar-refractivity contribution in [1.29, 1.82) is 0 Å². The molecule has 3 aromatic rings. The van der Waals surface area contributed by atoms with E-state index in [4.69, 9.17) is 4.74 Å². The Labute approximate surface area is 157 Å². The molecule has 2 heterocycles. The van der Waals surface area contributed by atoms with Crippen LogP contribution in [-0.4, -0.2) is 32.4 Å². The van der Waals surface area contributed by atoms with Crippen LogP contribution in [0.2, 0.25) is 0 Å². The first kappa shape index (κ1) is 18.5. The molecule has 0 saturated carbocycles. The van der Waals surface area contributed by atoms with Crippen molar-refractivity contribution in [2.45, 2.75) is 33.8 Å². The molecule has 0 bridgehead atoms. The topological polar surface area (TPSA) is 74.1 Å². The van der Waals surface area contributed by atoms with Gasteiger partial charge in [-0.05, 0) is 45.9 Å². The Morgan fingerprint density at radius 2 is 1.74 bits per heavy atom. The van der Waals surface area contributed by atoms with Gasteiger partial charge in [0.15, 0.2) is 11.8 Å². The normalized spacial score (nSPS) is 11.9. The number of esters is 1. The van der Waals surface area contributed by atoms with Gasteiger partial charge in [-0.25, -0.2) is 9.78 Å². The van der Waals surface area contributed by atoms with E-state index in [0.717, 1.165) is 17.1 Å². The predicted molar refractivity (Wildman–Crippen MR) is 101 cm³/mol. The van der Waals surface area contributed by atoms with Crippen molar-refractivity contribution >= 4 is 11.8 Å². The predicted octanol–water partition coefficient (Wildman–Crippen LogP) is 3.62. The second-order valence-corrected chi connectivity index (χ2v) is 6.41. The molecule has 1 unspecified atom stereocenters. The number of aromatic nitrogens is 3. The third-order valence-electron chi connectivity index (χ3n) is 4.35. The first-order valence-electron chi connectivity index (χ1n) is 8.66. The lowest BCUT2D eigenvalue weighted by Gasteiger charge is -2.13. The first-order chi connectivity index (χ1) is 12.9. The molecule has 138 valence electrons. The quantitative estimate of drug-likeness (QED) is 0.511. The summed E-state index contributed by atoms with van der Waals surface area (Å²) in [6.07, 6.45) is 1.90. The molecule has 27 heavy (non-hydrogen) atoms. The van der Waals surface area contributed by atoms with Crippen LogP contribution >= 0.6 is 0 Å². The molecule has 6 heteroatoms. The zero-order valence-electron chi connectivity index (χ0n) is 15.8. The van der Waals surface area contributed by atoms with E-state index in [9.17, 15) is 9.59 Å². The standard InChI is InChI=1S/C21H21N3O3/c1-13-11-23-19(12-22-13)21(26)27-16(4)20(25)18-10-14(2)24(15(18)3)17-8-6-5-7-9-17/h5-12,16H,1-4H3. The number of ketones is 1. The minimum absolute atomic E-state index is 0.0787. The van der Waals surface area contributed by atoms with Gasteiger partial charge in [0.1, 0.15) is 0 Å². The Morgan fingerprint density at radius 1 is 1.04 bits per heavy atom. The summed E-state index contributed by atoms with van der Waals surface area (Å²) in [7, 11) is 0. The van der Waals surface area contributed by atoms with E-state index >= 15 is 0 Å². The van der Waals surface area contributed by atoms with Crippen molar-refractivity contribution in [1.82, 2.24) is 14.5 Å². The molecule has 6 nitrogen and oxygen atoms in total. The van der Waals surface area contributed by atoms with Crippen LogP contribution in [0.3, 0.4) is 0 Å². The zero-order valence-corrected chi connectivity index (χ0v) is 15.8. The lowest BCUT2D eigenvalue weighted by atomic mass is 10.1. The van der Waals surface area contributed by atoms with Gasteiger partial charge in [0.2, 0.25) is 5.78 Å². The molecular formula is C21H21N3O3. The largest absolute Gasteiger partial charge is 0.449 e. The number of Topliss-reactive ketones (excluding diaryl/α,β-unsaturated/α-hetero) is 1. The summed E-state index contributed by atoms with van der Waals surface area (Å²) in [5.41, 5.74) is 4.03. The van der Waals surface area contributed by atoms with Crippen molar-refractivity contribution in [3.8, 4) is 5.69 Å². The fourth-order valence-electron chi connectivity index (χ4n) is 2.98. The molecular weight excluding hydrogens is 342 g/mol. The van der Waals surface area contributed by atoms with E-state index < -0.39 is 12.1 Å². The van der Waals surface area contributed by atoms with Crippen LogP contribution < -0.4 is 0 Å². The molecule has 1 atom stereocenters. The van der Waals surface area contributed by atoms with Crippen LogP contribution in [0, 0.1) is 20.8 Å². The Kier molecular flexibility index (Phi) is 5.16. The van der Waals surface area contributed by atoms with E-state index in [1.54, 1.807) is 13.8 Å². The summed E-state index contributed by atoms with van der Waals surface area (Å²) < 4.78 is 7.31. The molecule has 1 aromatic carbocycles. The molecule has 0 N–H and O–H groups in total. The average Bonchev–Trinajstić information content (AvgIpc) is 2.96. The summed E-state index contributed by atoms with van der Waals surface area (Å²) in [5, 5.41) is 0. The van der Waals surface area contributed by atoms with Crippen LogP contribution in [0.25, 0.3) is 5.69 Å². The third kappa shape index (κ3) is 3.79. The second kappa shape index (κ2) is 7.53. The fourth-order valence-corrected chi connectivity index (χ4v) is 2.98. The van der Waals surface area contributed by atoms with Gasteiger partial charge >= 0.3 is 5.97 Å². The highest BCUT2D eigenvalue weighted by Crippen LogP contribution is 2.22. The summed E-state index contributed by atoms with van der Waals surface area (Å²) in [6.45, 7) is 7.16. The van der Waals surface area contributed by atoms with Crippen LogP contribution in [0.4, 0.5) is 0 Å². The van der Waals surface area contributed by atoms with Gasteiger partial charge in [-0.1, -0.05) is 18.2 Å². The van der Waals surface area contributed by atoms with Crippen LogP contribution in [0.15, 0.2) is 48.8 Å². The van der Waals surface area contributed by atoms with Gasteiger partial charge in [-0.2, -0.15) is 0 Å². The maximum atomic E-state index is 12.9. The number of para-hydroxylation sites is 1. The molecule has 0 aliphatic heterocycles. The SMILES string of the molecule is Cc1cnc(C(=O)OC(C)C(=O)c2cc(C)n(-c3ccccc3)c2C)cn1. The number of hydrogen-bond acceptors (Lipinski definition) is 5. The van der Waals surface area contributed by atoms with Crippen molar-refractivity contribution in [2.75, 3.05) is 0 Å². The average molecular weight is 363 g/mol. The Bertz CT molecular complexity index is 976. The zero-order chi connectivity index (χ0) is 19.6. The molecule has 0 amide bonds. The molecule has 0 aliphatic carbocycles. The Hall–Kier alpha value is -3.28. The number of aryl methyl sites for hydroxylation is 2. The van der Waals surface area contributed by atoms with Crippen molar-refractivity contribution in [3.63, 3.8) is 0 Å². The summed E-state index contributed by atoms with van der Waals surface area (Å²) in [4.78, 5) is 33.1. The molecule has 0 aliphatic rings. The maximum absolute atomic E-state index is 12.9. The van der Waals surface area contributed by atoms with Crippen molar-refractivity contribution < 1.29 is 14.3 Å². The Morgan fingerprint density at radius 3 is 2.37 bits per heavy atom. The van der Waals surface area contributed by atoms with Crippen LogP contribution in [0.5, 0.6) is 0 Å². The van der Waals surface area contributed by atoms with Crippen molar-refractivity contribution in [3.05, 3.63) is 77.1 Å². The van der Waals surface area contributed by atoms with E-state index in [2.05, 4.69) is 9.97 Å². The molecule has 3 rings (SSSR count). The minimum atomic E-state index is -0.926. The molecule has 0 fully saturated rings. The monoisotopic (exact) mass is 363 g/mol. The van der Waals surface area contributed by atoms with E-state index in [0.29, 0.717) is 11.3 Å². The van der Waals surface area contributed by atoms with Crippen molar-refractivity contribution in [2.24, 2.45) is 0 Å². The number of carbonyl (C=O) groups excluding carboxylic acids is 2. The maximum Gasteiger partial charge on any atom is 0.359 e. The van der Waals surface area contributed by atoms with Crippen LogP contribution in [-0.2, 0) is 4.74 Å². The van der Waals surface area contributed by atoms with E-state index in [1.165, 1.54) is 12.4 Å². The summed E-state index contributed by atoms with van der Waals surface area (Å²) in [6, 6.07) is 11.6. The highest BCUT2D eigenvalue weighted by Gasteiger charge is 2.25. The highest BCUT2D eigenvalue weighted by molar-refractivity contribution is 6.02. The number of carbonyl (C=O) groups is 2. The van der Waals surface area contributed by atoms with Gasteiger partial charge in [0.25, 0.3) is 0 Å². The fraction of sp³-hybridized carbons (Fsp3) is 0.238. The summed E-state index contributed by atoms with van der Waals surface area (Å²) in [5.74, 6) is -0.918. The lowest BCUT2D eigenvalue weighted by molar-refractivity contribution is 0.0312. The van der Waals surface area contributed by atoms with Gasteiger partial charge in [0, 0.05) is 28.8 Å². The van der Waals surface area contributed by atoms with E-state index in [-0.39, 0.29) is 11.5 Å². The number of benzene rings is 1. The Balaban J connectivity index is 1.81. The second-order valence-electron chi connectivity index (χ2n) is 6.41. The highest BCUT2D eigenvalue weighted by atomic mass is 16.5. The molecule has 0 saturated heterocycles. The molecule has 0 radical (unpaired) electrons. The molecule has 2 aromatic heterocycles. The first-order valence-corrected chi connectivity index (χ1v) is 8.66. The number of ether oxygens (including phenoxy) is 1. The lowest BCUT2D eigenvalue weighted by Crippen LogP contribution is -2.25. The summed E-state index contributed by atoms with van der Waals surface area (Å²) >= 11 is 0. The third-order valence-corrected chi connectivity index (χ3v) is 4.35. The van der Waals surface area contributed by atoms with Crippen LogP contribution in [0.1, 0.15) is 44.9 Å². The van der Waals surface area contributed by atoms with Gasteiger partial charge in [-0.15, -0.1) is 0 Å². The number of rotatable bonds is 5. The number of nitrogens with zero attached hydrogens (tertiary/aromatic N) is 3. The number of hydrogen-bond donors (Lipinski definition) is 0. The van der Waals surface area contributed by atoms with Gasteiger partial charge in [-0.3, -0.25) is 9.78 Å². The molecule has 0 spiro atoms. The minimum Gasteiger partial charge on any atom is -0.449 e.